The lowest BCUT2D eigenvalue weighted by molar-refractivity contribution is -0.0212. The first kappa shape index (κ1) is 14.6. The van der Waals surface area contributed by atoms with Crippen LogP contribution in [-0.2, 0) is 4.74 Å². The van der Waals surface area contributed by atoms with Crippen molar-refractivity contribution >= 4 is 6.09 Å². The maximum atomic E-state index is 12.4. The van der Waals surface area contributed by atoms with Crippen molar-refractivity contribution < 1.29 is 9.53 Å². The van der Waals surface area contributed by atoms with Crippen LogP contribution in [0, 0.1) is 0 Å². The van der Waals surface area contributed by atoms with Crippen LogP contribution in [0.4, 0.5) is 4.79 Å². The molecular weight excluding hydrogens is 240 g/mol. The molecule has 0 atom stereocenters. The predicted octanol–water partition coefficient (Wildman–Crippen LogP) is 2.92. The third kappa shape index (κ3) is 3.22. The highest BCUT2D eigenvalue weighted by Crippen LogP contribution is 2.36. The summed E-state index contributed by atoms with van der Waals surface area (Å²) in [6, 6.07) is 0. The normalized spacial score (nSPS) is 25.6. The Balaban J connectivity index is 2.12. The van der Waals surface area contributed by atoms with Crippen LogP contribution in [0.1, 0.15) is 60.3 Å². The van der Waals surface area contributed by atoms with E-state index >= 15 is 0 Å². The summed E-state index contributed by atoms with van der Waals surface area (Å²) in [4.78, 5) is 14.4. The number of hydrogen-bond acceptors (Lipinski definition) is 3. The molecule has 19 heavy (non-hydrogen) atoms. The van der Waals surface area contributed by atoms with Gasteiger partial charge in [0.15, 0.2) is 0 Å². The first-order valence-corrected chi connectivity index (χ1v) is 7.39. The fraction of sp³-hybridized carbons (Fsp3) is 0.933. The first-order valence-electron chi connectivity index (χ1n) is 7.39. The minimum atomic E-state index is -0.430. The molecule has 2 fully saturated rings. The maximum Gasteiger partial charge on any atom is 0.410 e. The van der Waals surface area contributed by atoms with Gasteiger partial charge in [-0.25, -0.2) is 4.79 Å². The van der Waals surface area contributed by atoms with Gasteiger partial charge in [-0.05, 0) is 47.5 Å². The highest BCUT2D eigenvalue weighted by atomic mass is 16.6. The van der Waals surface area contributed by atoms with E-state index in [1.54, 1.807) is 0 Å². The Bertz CT molecular complexity index is 352. The molecule has 1 heterocycles. The number of amides is 1. The predicted molar refractivity (Wildman–Crippen MR) is 76.2 cm³/mol. The Kier molecular flexibility index (Phi) is 3.58. The molecule has 0 radical (unpaired) electrons. The van der Waals surface area contributed by atoms with Crippen LogP contribution in [0.2, 0.25) is 0 Å². The fourth-order valence-electron chi connectivity index (χ4n) is 3.09. The molecule has 2 rings (SSSR count). The number of piperazine rings is 1. The molecule has 0 unspecified atom stereocenters. The highest BCUT2D eigenvalue weighted by molar-refractivity contribution is 5.69. The molecule has 1 aliphatic heterocycles. The van der Waals surface area contributed by atoms with Gasteiger partial charge in [-0.1, -0.05) is 12.8 Å². The summed E-state index contributed by atoms with van der Waals surface area (Å²) in [6.07, 6.45) is 4.68. The molecule has 110 valence electrons. The van der Waals surface area contributed by atoms with Gasteiger partial charge in [0.25, 0.3) is 0 Å². The highest BCUT2D eigenvalue weighted by Gasteiger charge is 2.47. The first-order chi connectivity index (χ1) is 8.64. The monoisotopic (exact) mass is 268 g/mol. The summed E-state index contributed by atoms with van der Waals surface area (Å²) in [7, 11) is 0. The van der Waals surface area contributed by atoms with Crippen molar-refractivity contribution in [3.63, 3.8) is 0 Å². The second-order valence-electron chi connectivity index (χ2n) is 7.72. The smallest absolute Gasteiger partial charge is 0.410 e. The van der Waals surface area contributed by atoms with E-state index in [4.69, 9.17) is 4.74 Å². The van der Waals surface area contributed by atoms with Gasteiger partial charge in [0.2, 0.25) is 0 Å². The Morgan fingerprint density at radius 2 is 1.79 bits per heavy atom. The zero-order chi connectivity index (χ0) is 14.3. The van der Waals surface area contributed by atoms with Crippen molar-refractivity contribution in [2.24, 2.45) is 0 Å². The van der Waals surface area contributed by atoms with Crippen LogP contribution in [0.25, 0.3) is 0 Å². The van der Waals surface area contributed by atoms with Gasteiger partial charge in [0.1, 0.15) is 5.60 Å². The minimum Gasteiger partial charge on any atom is -0.444 e. The van der Waals surface area contributed by atoms with Crippen molar-refractivity contribution in [3.8, 4) is 0 Å². The van der Waals surface area contributed by atoms with E-state index < -0.39 is 5.60 Å². The molecule has 1 aliphatic carbocycles. The second-order valence-corrected chi connectivity index (χ2v) is 7.72. The zero-order valence-electron chi connectivity index (χ0n) is 13.0. The summed E-state index contributed by atoms with van der Waals surface area (Å²) < 4.78 is 5.57. The number of nitrogens with one attached hydrogen (secondary N) is 1. The fourth-order valence-corrected chi connectivity index (χ4v) is 3.09. The minimum absolute atomic E-state index is 0.131. The SMILES string of the molecule is CC(C)(C)OC(=O)N1CC2(CCCC2)NCC1(C)C. The molecule has 2 aliphatic rings. The average Bonchev–Trinajstić information content (AvgIpc) is 2.68. The molecule has 0 bridgehead atoms. The quantitative estimate of drug-likeness (QED) is 0.734. The van der Waals surface area contributed by atoms with Gasteiger partial charge < -0.3 is 10.1 Å². The summed E-state index contributed by atoms with van der Waals surface area (Å²) in [6.45, 7) is 11.6. The van der Waals surface area contributed by atoms with Crippen molar-refractivity contribution in [1.29, 1.82) is 0 Å². The number of carbonyl (C=O) groups excluding carboxylic acids is 1. The van der Waals surface area contributed by atoms with Crippen LogP contribution in [0.3, 0.4) is 0 Å². The number of nitrogens with zero attached hydrogens (tertiary/aromatic N) is 1. The molecule has 0 aromatic carbocycles. The van der Waals surface area contributed by atoms with Crippen LogP contribution in [0.5, 0.6) is 0 Å². The lowest BCUT2D eigenvalue weighted by Crippen LogP contribution is -2.68. The number of carbonyl (C=O) groups is 1. The van der Waals surface area contributed by atoms with E-state index in [0.717, 1.165) is 13.1 Å². The van der Waals surface area contributed by atoms with Gasteiger partial charge >= 0.3 is 6.09 Å². The number of hydrogen-bond donors (Lipinski definition) is 1. The van der Waals surface area contributed by atoms with Crippen LogP contribution in [-0.4, -0.2) is 40.8 Å². The van der Waals surface area contributed by atoms with Crippen molar-refractivity contribution in [2.45, 2.75) is 77.0 Å². The largest absolute Gasteiger partial charge is 0.444 e. The molecule has 4 nitrogen and oxygen atoms in total. The van der Waals surface area contributed by atoms with E-state index in [1.165, 1.54) is 25.7 Å². The molecule has 0 aromatic heterocycles. The van der Waals surface area contributed by atoms with Gasteiger partial charge in [-0.3, -0.25) is 4.90 Å². The van der Waals surface area contributed by atoms with Crippen molar-refractivity contribution in [3.05, 3.63) is 0 Å². The van der Waals surface area contributed by atoms with Crippen molar-refractivity contribution in [1.82, 2.24) is 10.2 Å². The van der Waals surface area contributed by atoms with Gasteiger partial charge in [0.05, 0.1) is 5.54 Å². The third-order valence-electron chi connectivity index (χ3n) is 4.26. The molecular formula is C15H28N2O2. The summed E-state index contributed by atoms with van der Waals surface area (Å²) >= 11 is 0. The molecule has 0 aromatic rings. The van der Waals surface area contributed by atoms with Gasteiger partial charge in [0, 0.05) is 18.6 Å². The van der Waals surface area contributed by atoms with Crippen LogP contribution < -0.4 is 5.32 Å². The molecule has 1 saturated carbocycles. The summed E-state index contributed by atoms with van der Waals surface area (Å²) in [5, 5.41) is 3.68. The summed E-state index contributed by atoms with van der Waals surface area (Å²) in [5.41, 5.74) is -0.483. The second kappa shape index (κ2) is 4.65. The standard InChI is InChI=1S/C15H28N2O2/c1-13(2,3)19-12(18)17-11-15(8-6-7-9-15)16-10-14(17,4)5/h16H,6-11H2,1-5H3. The number of ether oxygens (including phenoxy) is 1. The molecule has 1 spiro atoms. The van der Waals surface area contributed by atoms with E-state index in [1.807, 2.05) is 25.7 Å². The lowest BCUT2D eigenvalue weighted by atomic mass is 9.88. The maximum absolute atomic E-state index is 12.4. The van der Waals surface area contributed by atoms with Crippen molar-refractivity contribution in [2.75, 3.05) is 13.1 Å². The Hall–Kier alpha value is -0.770. The van der Waals surface area contributed by atoms with E-state index in [0.29, 0.717) is 0 Å². The Morgan fingerprint density at radius 3 is 2.32 bits per heavy atom. The van der Waals surface area contributed by atoms with Crippen LogP contribution in [0.15, 0.2) is 0 Å². The molecule has 4 heteroatoms. The van der Waals surface area contributed by atoms with Gasteiger partial charge in [-0.15, -0.1) is 0 Å². The van der Waals surface area contributed by atoms with Gasteiger partial charge in [-0.2, -0.15) is 0 Å². The molecule has 1 amide bonds. The zero-order valence-corrected chi connectivity index (χ0v) is 13.0. The van der Waals surface area contributed by atoms with Crippen LogP contribution >= 0.6 is 0 Å². The van der Waals surface area contributed by atoms with E-state index in [2.05, 4.69) is 19.2 Å². The topological polar surface area (TPSA) is 41.6 Å². The Morgan fingerprint density at radius 1 is 1.21 bits per heavy atom. The molecule has 1 N–H and O–H groups in total. The summed E-state index contributed by atoms with van der Waals surface area (Å²) in [5.74, 6) is 0. The Labute approximate surface area is 116 Å². The average molecular weight is 268 g/mol. The van der Waals surface area contributed by atoms with E-state index in [-0.39, 0.29) is 17.2 Å². The lowest BCUT2D eigenvalue weighted by Gasteiger charge is -2.50. The third-order valence-corrected chi connectivity index (χ3v) is 4.26. The number of rotatable bonds is 0. The van der Waals surface area contributed by atoms with E-state index in [9.17, 15) is 4.79 Å². The molecule has 1 saturated heterocycles.